The Kier molecular flexibility index (Phi) is 5.20. The van der Waals surface area contributed by atoms with Crippen LogP contribution in [0.2, 0.25) is 0 Å². The van der Waals surface area contributed by atoms with Gasteiger partial charge in [-0.15, -0.1) is 0 Å². The van der Waals surface area contributed by atoms with E-state index in [2.05, 4.69) is 4.90 Å². The number of nitrogens with zero attached hydrogens (tertiary/aromatic N) is 3. The van der Waals surface area contributed by atoms with E-state index in [0.717, 1.165) is 0 Å². The Morgan fingerprint density at radius 3 is 2.75 bits per heavy atom. The van der Waals surface area contributed by atoms with Gasteiger partial charge in [-0.05, 0) is 12.1 Å². The van der Waals surface area contributed by atoms with Gasteiger partial charge in [-0.25, -0.2) is 13.6 Å². The summed E-state index contributed by atoms with van der Waals surface area (Å²) in [5, 5.41) is 0. The Labute approximate surface area is 160 Å². The van der Waals surface area contributed by atoms with Crippen LogP contribution in [0.15, 0.2) is 33.5 Å². The van der Waals surface area contributed by atoms with Crippen molar-refractivity contribution in [3.05, 3.63) is 34.8 Å². The van der Waals surface area contributed by atoms with Crippen LogP contribution in [-0.2, 0) is 16.1 Å². The molecule has 0 aliphatic carbocycles. The largest absolute Gasteiger partial charge is 0.419 e. The molecule has 3 heterocycles. The van der Waals surface area contributed by atoms with E-state index in [1.54, 1.807) is 24.3 Å². The zero-order chi connectivity index (χ0) is 19.7. The maximum atomic E-state index is 14.0. The molecule has 7 nitrogen and oxygen atoms in total. The molecule has 2 aliphatic heterocycles. The maximum absolute atomic E-state index is 14.0. The number of hydrogen-bond donors (Lipinski definition) is 0. The molecule has 1 aromatic carbocycles. The molecule has 2 aliphatic rings. The summed E-state index contributed by atoms with van der Waals surface area (Å²) in [6, 6.07) is 6.40. The first-order valence-corrected chi connectivity index (χ1v) is 9.49. The van der Waals surface area contributed by atoms with Gasteiger partial charge in [0.2, 0.25) is 5.91 Å². The van der Waals surface area contributed by atoms with E-state index in [0.29, 0.717) is 43.9 Å². The Bertz CT molecular complexity index is 904. The van der Waals surface area contributed by atoms with E-state index in [9.17, 15) is 18.4 Å². The molecule has 1 atom stereocenters. The van der Waals surface area contributed by atoms with Gasteiger partial charge in [-0.3, -0.25) is 14.3 Å². The number of benzene rings is 1. The van der Waals surface area contributed by atoms with E-state index in [1.165, 1.54) is 9.47 Å². The van der Waals surface area contributed by atoms with Gasteiger partial charge < -0.3 is 14.1 Å². The van der Waals surface area contributed by atoms with E-state index in [1.807, 2.05) is 0 Å². The Morgan fingerprint density at radius 2 is 1.96 bits per heavy atom. The summed E-state index contributed by atoms with van der Waals surface area (Å²) in [5.41, 5.74) is 1.04. The summed E-state index contributed by atoms with van der Waals surface area (Å²) in [6.45, 7) is 2.46. The minimum Gasteiger partial charge on any atom is -0.408 e. The van der Waals surface area contributed by atoms with E-state index in [-0.39, 0.29) is 25.3 Å². The van der Waals surface area contributed by atoms with Crippen LogP contribution in [0.1, 0.15) is 12.8 Å². The zero-order valence-electron chi connectivity index (χ0n) is 15.5. The number of ether oxygens (including phenoxy) is 1. The number of halogens is 2. The molecular weight excluding hydrogens is 372 g/mol. The molecule has 0 unspecified atom stereocenters. The second kappa shape index (κ2) is 7.63. The maximum Gasteiger partial charge on any atom is 0.419 e. The van der Waals surface area contributed by atoms with Gasteiger partial charge in [0.25, 0.3) is 5.92 Å². The van der Waals surface area contributed by atoms with Gasteiger partial charge in [0.15, 0.2) is 5.58 Å². The first-order chi connectivity index (χ1) is 13.4. The molecule has 0 saturated carbocycles. The number of aromatic nitrogens is 1. The zero-order valence-corrected chi connectivity index (χ0v) is 15.5. The highest BCUT2D eigenvalue weighted by molar-refractivity contribution is 5.77. The van der Waals surface area contributed by atoms with Crippen LogP contribution in [0.5, 0.6) is 0 Å². The minimum absolute atomic E-state index is 0.0286. The third kappa shape index (κ3) is 3.95. The SMILES string of the molecule is O=C(CCn1c(=O)oc2ccccc21)N1CC(F)(F)C[C@H]1CN1CCOCC1. The van der Waals surface area contributed by atoms with Gasteiger partial charge in [0.05, 0.1) is 31.3 Å². The number of oxazole rings is 1. The van der Waals surface area contributed by atoms with Crippen molar-refractivity contribution in [1.82, 2.24) is 14.4 Å². The van der Waals surface area contributed by atoms with Gasteiger partial charge in [-0.1, -0.05) is 12.1 Å². The standard InChI is InChI=1S/C19H23F2N3O4/c20-19(21)11-14(12-22-7-9-27-10-8-22)24(13-19)17(25)5-6-23-15-3-1-2-4-16(15)28-18(23)26/h1-4,14H,5-13H2/t14-/m0/s1. The van der Waals surface area contributed by atoms with E-state index < -0.39 is 24.3 Å². The molecule has 0 N–H and O–H groups in total. The van der Waals surface area contributed by atoms with Crippen molar-refractivity contribution < 1.29 is 22.7 Å². The van der Waals surface area contributed by atoms with Crippen molar-refractivity contribution in [3.8, 4) is 0 Å². The number of carbonyl (C=O) groups is 1. The van der Waals surface area contributed by atoms with Crippen molar-refractivity contribution in [3.63, 3.8) is 0 Å². The average molecular weight is 395 g/mol. The van der Waals surface area contributed by atoms with Crippen LogP contribution in [0, 0.1) is 0 Å². The Balaban J connectivity index is 1.44. The fourth-order valence-electron chi connectivity index (χ4n) is 4.01. The van der Waals surface area contributed by atoms with Crippen LogP contribution in [-0.4, -0.2) is 71.6 Å². The van der Waals surface area contributed by atoms with Crippen molar-refractivity contribution in [2.24, 2.45) is 0 Å². The lowest BCUT2D eigenvalue weighted by Crippen LogP contribution is -2.47. The second-order valence-electron chi connectivity index (χ2n) is 7.39. The molecular formula is C19H23F2N3O4. The summed E-state index contributed by atoms with van der Waals surface area (Å²) in [7, 11) is 0. The Morgan fingerprint density at radius 1 is 1.21 bits per heavy atom. The molecule has 28 heavy (non-hydrogen) atoms. The van der Waals surface area contributed by atoms with E-state index in [4.69, 9.17) is 9.15 Å². The van der Waals surface area contributed by atoms with Crippen LogP contribution in [0.25, 0.3) is 11.1 Å². The van der Waals surface area contributed by atoms with Gasteiger partial charge in [-0.2, -0.15) is 0 Å². The highest BCUT2D eigenvalue weighted by Gasteiger charge is 2.47. The minimum atomic E-state index is -2.88. The third-order valence-electron chi connectivity index (χ3n) is 5.39. The smallest absolute Gasteiger partial charge is 0.408 e. The number of para-hydroxylation sites is 2. The van der Waals surface area contributed by atoms with Gasteiger partial charge in [0.1, 0.15) is 0 Å². The van der Waals surface area contributed by atoms with Crippen molar-refractivity contribution in [2.45, 2.75) is 31.4 Å². The number of likely N-dealkylation sites (tertiary alicyclic amines) is 1. The fourth-order valence-corrected chi connectivity index (χ4v) is 4.01. The molecule has 4 rings (SSSR count). The number of aryl methyl sites for hydroxylation is 1. The van der Waals surface area contributed by atoms with Crippen LogP contribution >= 0.6 is 0 Å². The molecule has 0 spiro atoms. The number of carbonyl (C=O) groups excluding carboxylic acids is 1. The van der Waals surface area contributed by atoms with Crippen LogP contribution < -0.4 is 5.76 Å². The molecule has 2 fully saturated rings. The highest BCUT2D eigenvalue weighted by atomic mass is 19.3. The van der Waals surface area contributed by atoms with Gasteiger partial charge >= 0.3 is 5.76 Å². The van der Waals surface area contributed by atoms with E-state index >= 15 is 0 Å². The molecule has 152 valence electrons. The van der Waals surface area contributed by atoms with Gasteiger partial charge in [0, 0.05) is 39.0 Å². The lowest BCUT2D eigenvalue weighted by molar-refractivity contribution is -0.133. The second-order valence-corrected chi connectivity index (χ2v) is 7.39. The first kappa shape index (κ1) is 19.1. The summed E-state index contributed by atoms with van der Waals surface area (Å²) < 4.78 is 39.9. The Hall–Kier alpha value is -2.26. The normalized spacial score (nSPS) is 22.8. The monoisotopic (exact) mass is 395 g/mol. The molecule has 1 amide bonds. The molecule has 0 radical (unpaired) electrons. The first-order valence-electron chi connectivity index (χ1n) is 9.49. The fraction of sp³-hybridized carbons (Fsp3) is 0.579. The molecule has 2 saturated heterocycles. The number of morpholine rings is 1. The summed E-state index contributed by atoms with van der Waals surface area (Å²) in [5.74, 6) is -3.80. The molecule has 9 heteroatoms. The number of rotatable bonds is 5. The van der Waals surface area contributed by atoms with Crippen molar-refractivity contribution in [1.29, 1.82) is 0 Å². The quantitative estimate of drug-likeness (QED) is 0.769. The molecule has 1 aromatic heterocycles. The lowest BCUT2D eigenvalue weighted by atomic mass is 10.1. The van der Waals surface area contributed by atoms with Crippen LogP contribution in [0.4, 0.5) is 8.78 Å². The summed E-state index contributed by atoms with van der Waals surface area (Å²) >= 11 is 0. The summed E-state index contributed by atoms with van der Waals surface area (Å²) in [6.07, 6.45) is -0.357. The van der Waals surface area contributed by atoms with Crippen molar-refractivity contribution >= 4 is 17.0 Å². The molecule has 0 bridgehead atoms. The predicted molar refractivity (Wildman–Crippen MR) is 97.4 cm³/mol. The molecule has 2 aromatic rings. The third-order valence-corrected chi connectivity index (χ3v) is 5.39. The predicted octanol–water partition coefficient (Wildman–Crippen LogP) is 1.55. The number of alkyl halides is 2. The lowest BCUT2D eigenvalue weighted by Gasteiger charge is -2.32. The number of fused-ring (bicyclic) bond motifs is 1. The number of amides is 1. The number of hydrogen-bond acceptors (Lipinski definition) is 5. The van der Waals surface area contributed by atoms with Crippen LogP contribution in [0.3, 0.4) is 0 Å². The highest BCUT2D eigenvalue weighted by Crippen LogP contribution is 2.33. The summed E-state index contributed by atoms with van der Waals surface area (Å²) in [4.78, 5) is 28.1. The van der Waals surface area contributed by atoms with Crippen molar-refractivity contribution in [2.75, 3.05) is 39.4 Å². The average Bonchev–Trinajstić information content (AvgIpc) is 3.15. The topological polar surface area (TPSA) is 67.9 Å².